The first kappa shape index (κ1) is 22.7. The Hall–Kier alpha value is -2.03. The van der Waals surface area contributed by atoms with Gasteiger partial charge in [0.1, 0.15) is 0 Å². The van der Waals surface area contributed by atoms with Gasteiger partial charge in [-0.15, -0.1) is 0 Å². The topological polar surface area (TPSA) is 51.2 Å². The standard InChI is InChI=1S/C30H38O3/c1-14(2)19-12-21-25(16(5)9-23(19)31)27(33)28-29(21,8)22-11-18(7)30(28)13-20(15(3)4)24(32)10-17(6)26(22)30/h11,16-17,22,26,28H,9-10,12-13H2,1-8H3/t16-,17-,22+,26-,28+,29+,30-/m1/s1. The zero-order valence-corrected chi connectivity index (χ0v) is 21.5. The first-order valence-corrected chi connectivity index (χ1v) is 12.7. The third kappa shape index (κ3) is 2.60. The van der Waals surface area contributed by atoms with Crippen LogP contribution < -0.4 is 0 Å². The number of fused-ring (bicyclic) bond motifs is 3. The van der Waals surface area contributed by atoms with Gasteiger partial charge in [-0.05, 0) is 87.9 Å². The molecule has 0 unspecified atom stereocenters. The van der Waals surface area contributed by atoms with E-state index in [-0.39, 0.29) is 51.9 Å². The van der Waals surface area contributed by atoms with Crippen LogP contribution in [-0.2, 0) is 14.4 Å². The van der Waals surface area contributed by atoms with Crippen LogP contribution in [0.5, 0.6) is 0 Å². The van der Waals surface area contributed by atoms with Crippen LogP contribution in [0, 0.1) is 40.4 Å². The smallest absolute Gasteiger partial charge is 0.163 e. The van der Waals surface area contributed by atoms with E-state index in [2.05, 4.69) is 33.8 Å². The van der Waals surface area contributed by atoms with E-state index in [4.69, 9.17) is 0 Å². The lowest BCUT2D eigenvalue weighted by Gasteiger charge is -2.43. The summed E-state index contributed by atoms with van der Waals surface area (Å²) in [5.74, 6) is 1.38. The van der Waals surface area contributed by atoms with Crippen LogP contribution >= 0.6 is 0 Å². The molecule has 0 saturated heterocycles. The van der Waals surface area contributed by atoms with Crippen molar-refractivity contribution >= 4 is 17.3 Å². The molecular weight excluding hydrogens is 408 g/mol. The van der Waals surface area contributed by atoms with Crippen molar-refractivity contribution in [3.63, 3.8) is 0 Å². The maximum Gasteiger partial charge on any atom is 0.163 e. The fraction of sp³-hybridized carbons (Fsp3) is 0.633. The Bertz CT molecular complexity index is 1130. The molecule has 3 nitrogen and oxygen atoms in total. The predicted octanol–water partition coefficient (Wildman–Crippen LogP) is 6.35. The van der Waals surface area contributed by atoms with E-state index in [1.807, 2.05) is 27.7 Å². The predicted molar refractivity (Wildman–Crippen MR) is 130 cm³/mol. The zero-order valence-electron chi connectivity index (χ0n) is 21.5. The van der Waals surface area contributed by atoms with E-state index < -0.39 is 0 Å². The molecule has 0 aromatic rings. The normalized spacial score (nSPS) is 42.1. The monoisotopic (exact) mass is 446 g/mol. The molecule has 0 heterocycles. The largest absolute Gasteiger partial charge is 0.295 e. The minimum Gasteiger partial charge on any atom is -0.295 e. The lowest BCUT2D eigenvalue weighted by Crippen LogP contribution is -2.42. The summed E-state index contributed by atoms with van der Waals surface area (Å²) in [7, 11) is 0. The van der Waals surface area contributed by atoms with Crippen LogP contribution in [-0.4, -0.2) is 17.3 Å². The van der Waals surface area contributed by atoms with Gasteiger partial charge < -0.3 is 0 Å². The summed E-state index contributed by atoms with van der Waals surface area (Å²) in [6.07, 6.45) is 4.77. The molecule has 0 aromatic heterocycles. The molecule has 2 bridgehead atoms. The molecule has 0 aliphatic heterocycles. The van der Waals surface area contributed by atoms with Crippen LogP contribution in [0.2, 0.25) is 0 Å². The lowest BCUT2D eigenvalue weighted by molar-refractivity contribution is -0.124. The van der Waals surface area contributed by atoms with Gasteiger partial charge in [-0.3, -0.25) is 14.4 Å². The van der Waals surface area contributed by atoms with Crippen LogP contribution in [0.4, 0.5) is 0 Å². The van der Waals surface area contributed by atoms with Gasteiger partial charge in [0.15, 0.2) is 17.3 Å². The summed E-state index contributed by atoms with van der Waals surface area (Å²) in [6, 6.07) is 0. The van der Waals surface area contributed by atoms with Gasteiger partial charge >= 0.3 is 0 Å². The molecule has 2 saturated carbocycles. The molecule has 0 N–H and O–H groups in total. The number of allylic oxidation sites excluding steroid dienone is 8. The third-order valence-electron chi connectivity index (χ3n) is 10.3. The molecule has 2 fully saturated rings. The van der Waals surface area contributed by atoms with Crippen molar-refractivity contribution in [3.8, 4) is 0 Å². The van der Waals surface area contributed by atoms with Crippen molar-refractivity contribution in [2.24, 2.45) is 40.4 Å². The van der Waals surface area contributed by atoms with Gasteiger partial charge in [-0.1, -0.05) is 49.1 Å². The van der Waals surface area contributed by atoms with E-state index in [0.717, 1.165) is 27.9 Å². The van der Waals surface area contributed by atoms with E-state index in [1.165, 1.54) is 11.1 Å². The molecule has 0 radical (unpaired) electrons. The highest BCUT2D eigenvalue weighted by atomic mass is 16.1. The van der Waals surface area contributed by atoms with Gasteiger partial charge in [-0.2, -0.15) is 0 Å². The average molecular weight is 447 g/mol. The number of Topliss-reactive ketones (excluding diaryl/α,β-unsaturated/α-hetero) is 3. The van der Waals surface area contributed by atoms with Crippen LogP contribution in [0.1, 0.15) is 81.1 Å². The SMILES string of the molecule is CC1=C[C@H]2[C@H]3[C@H](C)CC(=O)C(=C(C)C)C[C@@]13[C@H]1C(=O)C3=C(CC(=C(C)C)C(=O)C[C@H]3C)[C@@]21C. The molecule has 7 atom stereocenters. The van der Waals surface area contributed by atoms with Crippen molar-refractivity contribution in [3.05, 3.63) is 45.1 Å². The van der Waals surface area contributed by atoms with Gasteiger partial charge in [0, 0.05) is 29.6 Å². The van der Waals surface area contributed by atoms with E-state index in [9.17, 15) is 14.4 Å². The Balaban J connectivity index is 1.75. The second-order valence-electron chi connectivity index (χ2n) is 12.4. The minimum atomic E-state index is -0.282. The van der Waals surface area contributed by atoms with Crippen molar-refractivity contribution in [2.75, 3.05) is 0 Å². The number of hydrogen-bond donors (Lipinski definition) is 0. The fourth-order valence-electron chi connectivity index (χ4n) is 8.95. The Morgan fingerprint density at radius 1 is 0.939 bits per heavy atom. The van der Waals surface area contributed by atoms with E-state index in [1.54, 1.807) is 0 Å². The molecule has 3 heteroatoms. The fourth-order valence-corrected chi connectivity index (χ4v) is 8.95. The first-order valence-electron chi connectivity index (χ1n) is 12.7. The highest BCUT2D eigenvalue weighted by Crippen LogP contribution is 2.78. The Morgan fingerprint density at radius 3 is 2.15 bits per heavy atom. The number of rotatable bonds is 0. The summed E-state index contributed by atoms with van der Waals surface area (Å²) < 4.78 is 0. The maximum absolute atomic E-state index is 14.4. The maximum atomic E-state index is 14.4. The van der Waals surface area contributed by atoms with Gasteiger partial charge in [0.05, 0.1) is 0 Å². The highest BCUT2D eigenvalue weighted by molar-refractivity contribution is 6.08. The summed E-state index contributed by atoms with van der Waals surface area (Å²) >= 11 is 0. The van der Waals surface area contributed by atoms with Crippen molar-refractivity contribution in [2.45, 2.75) is 81.1 Å². The van der Waals surface area contributed by atoms with Gasteiger partial charge in [-0.25, -0.2) is 0 Å². The molecular formula is C30H38O3. The first-order chi connectivity index (χ1) is 15.4. The molecule has 5 aliphatic rings. The summed E-state index contributed by atoms with van der Waals surface area (Å²) in [4.78, 5) is 40.7. The number of hydrogen-bond acceptors (Lipinski definition) is 3. The number of ketones is 3. The highest BCUT2D eigenvalue weighted by Gasteiger charge is 2.75. The lowest BCUT2D eigenvalue weighted by atomic mass is 9.58. The molecule has 5 rings (SSSR count). The van der Waals surface area contributed by atoms with Crippen molar-refractivity contribution < 1.29 is 14.4 Å². The van der Waals surface area contributed by atoms with E-state index >= 15 is 0 Å². The summed E-state index contributed by atoms with van der Waals surface area (Å²) in [5.41, 5.74) is 6.99. The molecule has 5 aliphatic carbocycles. The Labute approximate surface area is 198 Å². The quantitative estimate of drug-likeness (QED) is 0.322. The third-order valence-corrected chi connectivity index (χ3v) is 10.3. The molecule has 0 spiro atoms. The molecule has 33 heavy (non-hydrogen) atoms. The second-order valence-corrected chi connectivity index (χ2v) is 12.4. The number of carbonyl (C=O) groups is 3. The van der Waals surface area contributed by atoms with Crippen molar-refractivity contribution in [1.82, 2.24) is 0 Å². The van der Waals surface area contributed by atoms with Crippen LogP contribution in [0.25, 0.3) is 0 Å². The summed E-state index contributed by atoms with van der Waals surface area (Å²) in [6.45, 7) is 17.0. The average Bonchev–Trinajstić information content (AvgIpc) is 3.12. The van der Waals surface area contributed by atoms with Gasteiger partial charge in [0.25, 0.3) is 0 Å². The Kier molecular flexibility index (Phi) is 4.82. The van der Waals surface area contributed by atoms with Crippen LogP contribution in [0.3, 0.4) is 0 Å². The van der Waals surface area contributed by atoms with E-state index in [0.29, 0.717) is 31.6 Å². The molecule has 176 valence electrons. The molecule has 0 aromatic carbocycles. The minimum absolute atomic E-state index is 0.0402. The Morgan fingerprint density at radius 2 is 1.55 bits per heavy atom. The molecule has 0 amide bonds. The van der Waals surface area contributed by atoms with Crippen LogP contribution in [0.15, 0.2) is 45.1 Å². The van der Waals surface area contributed by atoms with Crippen molar-refractivity contribution in [1.29, 1.82) is 0 Å². The zero-order chi connectivity index (χ0) is 24.2. The number of carbonyl (C=O) groups excluding carboxylic acids is 3. The van der Waals surface area contributed by atoms with Gasteiger partial charge in [0.2, 0.25) is 0 Å². The summed E-state index contributed by atoms with van der Waals surface area (Å²) in [5, 5.41) is 0. The second kappa shape index (κ2) is 6.99.